The van der Waals surface area contributed by atoms with E-state index in [1.807, 2.05) is 0 Å². The van der Waals surface area contributed by atoms with Crippen LogP contribution in [0.3, 0.4) is 0 Å². The molecule has 6 nitrogen and oxygen atoms in total. The number of carboxylic acids is 1. The Morgan fingerprint density at radius 3 is 2.79 bits per heavy atom. The lowest BCUT2D eigenvalue weighted by molar-refractivity contribution is -0.139. The summed E-state index contributed by atoms with van der Waals surface area (Å²) in [7, 11) is 0. The van der Waals surface area contributed by atoms with Crippen LogP contribution in [0.25, 0.3) is 0 Å². The van der Waals surface area contributed by atoms with E-state index in [9.17, 15) is 9.59 Å². The van der Waals surface area contributed by atoms with E-state index in [1.165, 1.54) is 18.0 Å². The number of amides is 1. The zero-order valence-electron chi connectivity index (χ0n) is 10.1. The third-order valence-corrected chi connectivity index (χ3v) is 3.60. The van der Waals surface area contributed by atoms with Gasteiger partial charge in [-0.25, -0.2) is 14.8 Å². The second-order valence-electron chi connectivity index (χ2n) is 4.18. The van der Waals surface area contributed by atoms with E-state index in [4.69, 9.17) is 16.7 Å². The second-order valence-corrected chi connectivity index (χ2v) is 5.36. The summed E-state index contributed by atoms with van der Waals surface area (Å²) < 4.78 is 0. The number of hydrogen-bond acceptors (Lipinski definition) is 5. The number of carbonyl (C=O) groups is 2. The van der Waals surface area contributed by atoms with Crippen LogP contribution in [0.4, 0.5) is 0 Å². The number of rotatable bonds is 5. The number of thioether (sulfide) groups is 1. The van der Waals surface area contributed by atoms with Crippen molar-refractivity contribution in [2.75, 3.05) is 6.26 Å². The third-order valence-electron chi connectivity index (χ3n) is 2.77. The molecule has 0 spiro atoms. The lowest BCUT2D eigenvalue weighted by Crippen LogP contribution is -2.42. The van der Waals surface area contributed by atoms with Crippen LogP contribution in [0, 0.1) is 5.92 Å². The number of carbonyl (C=O) groups excluding carboxylic acids is 1. The minimum Gasteiger partial charge on any atom is -0.480 e. The standard InChI is InChI=1S/C11H12ClN3O3S/c1-19-11-13-4-6(12)8(15-11)9(16)14-7(10(17)18)5-2-3-5/h4-5,7H,2-3H2,1H3,(H,14,16)(H,17,18). The van der Waals surface area contributed by atoms with Crippen molar-refractivity contribution in [3.05, 3.63) is 16.9 Å². The molecular formula is C11H12ClN3O3S. The molecule has 1 atom stereocenters. The highest BCUT2D eigenvalue weighted by Crippen LogP contribution is 2.33. The first-order chi connectivity index (χ1) is 9.02. The van der Waals surface area contributed by atoms with E-state index in [-0.39, 0.29) is 16.6 Å². The van der Waals surface area contributed by atoms with Gasteiger partial charge in [-0.15, -0.1) is 0 Å². The van der Waals surface area contributed by atoms with Crippen molar-refractivity contribution in [3.8, 4) is 0 Å². The van der Waals surface area contributed by atoms with Gasteiger partial charge in [0.25, 0.3) is 5.91 Å². The number of carboxylic acid groups (broad SMARTS) is 1. The molecule has 1 heterocycles. The average Bonchev–Trinajstić information content (AvgIpc) is 3.20. The Morgan fingerprint density at radius 2 is 2.26 bits per heavy atom. The molecule has 1 unspecified atom stereocenters. The first-order valence-electron chi connectivity index (χ1n) is 5.63. The van der Waals surface area contributed by atoms with Gasteiger partial charge in [0.05, 0.1) is 11.2 Å². The predicted octanol–water partition coefficient (Wildman–Crippen LogP) is 1.44. The Kier molecular flexibility index (Phi) is 4.26. The largest absolute Gasteiger partial charge is 0.480 e. The van der Waals surface area contributed by atoms with Crippen LogP contribution < -0.4 is 5.32 Å². The van der Waals surface area contributed by atoms with Gasteiger partial charge in [-0.3, -0.25) is 4.79 Å². The van der Waals surface area contributed by atoms with Crippen molar-refractivity contribution in [1.29, 1.82) is 0 Å². The highest BCUT2D eigenvalue weighted by atomic mass is 35.5. The molecule has 2 N–H and O–H groups in total. The minimum absolute atomic E-state index is 0.00193. The summed E-state index contributed by atoms with van der Waals surface area (Å²) in [6.45, 7) is 0. The highest BCUT2D eigenvalue weighted by molar-refractivity contribution is 7.98. The van der Waals surface area contributed by atoms with Crippen molar-refractivity contribution in [1.82, 2.24) is 15.3 Å². The van der Waals surface area contributed by atoms with Gasteiger partial charge in [0.15, 0.2) is 10.9 Å². The van der Waals surface area contributed by atoms with Crippen LogP contribution in [0.5, 0.6) is 0 Å². The van der Waals surface area contributed by atoms with Gasteiger partial charge in [0, 0.05) is 0 Å². The van der Waals surface area contributed by atoms with Crippen LogP contribution in [0.15, 0.2) is 11.4 Å². The Morgan fingerprint density at radius 1 is 1.58 bits per heavy atom. The lowest BCUT2D eigenvalue weighted by atomic mass is 10.2. The van der Waals surface area contributed by atoms with Gasteiger partial charge in [0.1, 0.15) is 6.04 Å². The molecule has 1 aliphatic rings. The smallest absolute Gasteiger partial charge is 0.326 e. The van der Waals surface area contributed by atoms with Gasteiger partial charge in [-0.1, -0.05) is 23.4 Å². The summed E-state index contributed by atoms with van der Waals surface area (Å²) in [5.41, 5.74) is 0.00733. The van der Waals surface area contributed by atoms with Crippen molar-refractivity contribution in [2.45, 2.75) is 24.0 Å². The Bertz CT molecular complexity index is 522. The number of nitrogens with zero attached hydrogens (tertiary/aromatic N) is 2. The molecule has 1 saturated carbocycles. The summed E-state index contributed by atoms with van der Waals surface area (Å²) in [6.07, 6.45) is 4.73. The number of halogens is 1. The third kappa shape index (κ3) is 3.36. The molecule has 1 fully saturated rings. The molecule has 1 aliphatic carbocycles. The molecule has 0 aliphatic heterocycles. The van der Waals surface area contributed by atoms with E-state index in [1.54, 1.807) is 6.26 Å². The van der Waals surface area contributed by atoms with Gasteiger partial charge in [-0.2, -0.15) is 0 Å². The molecule has 2 rings (SSSR count). The first-order valence-corrected chi connectivity index (χ1v) is 7.23. The van der Waals surface area contributed by atoms with Crippen molar-refractivity contribution < 1.29 is 14.7 Å². The molecule has 8 heteroatoms. The van der Waals surface area contributed by atoms with Crippen LogP contribution in [-0.2, 0) is 4.79 Å². The van der Waals surface area contributed by atoms with Crippen LogP contribution in [0.2, 0.25) is 5.02 Å². The molecule has 1 amide bonds. The number of aliphatic carboxylic acids is 1. The molecule has 19 heavy (non-hydrogen) atoms. The molecule has 0 saturated heterocycles. The van der Waals surface area contributed by atoms with Crippen LogP contribution in [-0.4, -0.2) is 39.2 Å². The van der Waals surface area contributed by atoms with Gasteiger partial charge in [-0.05, 0) is 25.0 Å². The molecule has 0 aromatic carbocycles. The second kappa shape index (κ2) is 5.75. The molecular weight excluding hydrogens is 290 g/mol. The van der Waals surface area contributed by atoms with E-state index in [2.05, 4.69) is 15.3 Å². The van der Waals surface area contributed by atoms with E-state index in [0.29, 0.717) is 5.16 Å². The lowest BCUT2D eigenvalue weighted by Gasteiger charge is -2.13. The molecule has 0 radical (unpaired) electrons. The first kappa shape index (κ1) is 14.1. The Hall–Kier alpha value is -1.34. The maximum atomic E-state index is 12.0. The Balaban J connectivity index is 2.16. The quantitative estimate of drug-likeness (QED) is 0.631. The molecule has 1 aromatic rings. The fraction of sp³-hybridized carbons (Fsp3) is 0.455. The summed E-state index contributed by atoms with van der Waals surface area (Å²) in [5, 5.41) is 12.0. The SMILES string of the molecule is CSc1ncc(Cl)c(C(=O)NC(C(=O)O)C2CC2)n1. The number of nitrogens with one attached hydrogen (secondary N) is 1. The minimum atomic E-state index is -1.04. The molecule has 102 valence electrons. The van der Waals surface area contributed by atoms with E-state index in [0.717, 1.165) is 12.8 Å². The number of aromatic nitrogens is 2. The summed E-state index contributed by atoms with van der Waals surface area (Å²) in [6, 6.07) is -0.878. The van der Waals surface area contributed by atoms with E-state index >= 15 is 0 Å². The fourth-order valence-electron chi connectivity index (χ4n) is 1.63. The zero-order chi connectivity index (χ0) is 14.0. The normalized spacial score (nSPS) is 15.9. The maximum absolute atomic E-state index is 12.0. The fourth-order valence-corrected chi connectivity index (χ4v) is 2.15. The van der Waals surface area contributed by atoms with Gasteiger partial charge >= 0.3 is 5.97 Å². The van der Waals surface area contributed by atoms with Crippen molar-refractivity contribution in [2.24, 2.45) is 5.92 Å². The van der Waals surface area contributed by atoms with Crippen LogP contribution >= 0.6 is 23.4 Å². The average molecular weight is 302 g/mol. The highest BCUT2D eigenvalue weighted by Gasteiger charge is 2.37. The van der Waals surface area contributed by atoms with Crippen molar-refractivity contribution in [3.63, 3.8) is 0 Å². The molecule has 1 aromatic heterocycles. The van der Waals surface area contributed by atoms with Crippen molar-refractivity contribution >= 4 is 35.2 Å². The monoisotopic (exact) mass is 301 g/mol. The summed E-state index contributed by atoms with van der Waals surface area (Å²) in [5.74, 6) is -1.62. The van der Waals surface area contributed by atoms with E-state index < -0.39 is 17.9 Å². The summed E-state index contributed by atoms with van der Waals surface area (Å²) in [4.78, 5) is 31.0. The maximum Gasteiger partial charge on any atom is 0.326 e. The van der Waals surface area contributed by atoms with Gasteiger partial charge in [0.2, 0.25) is 0 Å². The molecule has 0 bridgehead atoms. The zero-order valence-corrected chi connectivity index (χ0v) is 11.7. The number of hydrogen-bond donors (Lipinski definition) is 2. The van der Waals surface area contributed by atoms with Gasteiger partial charge < -0.3 is 10.4 Å². The predicted molar refractivity (Wildman–Crippen MR) is 70.4 cm³/mol. The topological polar surface area (TPSA) is 92.2 Å². The van der Waals surface area contributed by atoms with Crippen LogP contribution in [0.1, 0.15) is 23.3 Å². The summed E-state index contributed by atoms with van der Waals surface area (Å²) >= 11 is 7.14. The Labute approximate surface area is 119 Å².